The minimum atomic E-state index is -0.212. The molecule has 0 radical (unpaired) electrons. The molecular formula is C17H19Cl2N3O2. The zero-order valence-corrected chi connectivity index (χ0v) is 15.1. The van der Waals surface area contributed by atoms with E-state index in [4.69, 9.17) is 27.9 Å². The zero-order valence-electron chi connectivity index (χ0n) is 13.6. The Hall–Kier alpha value is -1.56. The van der Waals surface area contributed by atoms with Crippen LogP contribution in [-0.2, 0) is 18.2 Å². The number of rotatable bonds is 3. The van der Waals surface area contributed by atoms with Crippen LogP contribution in [0.4, 0.5) is 0 Å². The van der Waals surface area contributed by atoms with E-state index in [0.717, 1.165) is 17.7 Å². The monoisotopic (exact) mass is 367 g/mol. The Morgan fingerprint density at radius 3 is 2.79 bits per heavy atom. The van der Waals surface area contributed by atoms with Crippen molar-refractivity contribution in [3.8, 4) is 0 Å². The predicted molar refractivity (Wildman–Crippen MR) is 93.6 cm³/mol. The quantitative estimate of drug-likeness (QED) is 0.833. The van der Waals surface area contributed by atoms with Gasteiger partial charge in [-0.1, -0.05) is 36.2 Å². The summed E-state index contributed by atoms with van der Waals surface area (Å²) in [5.41, 5.74) is 2.43. The summed E-state index contributed by atoms with van der Waals surface area (Å²) in [5.74, 6) is -0.0296. The lowest BCUT2D eigenvalue weighted by Crippen LogP contribution is -2.42. The largest absolute Gasteiger partial charge is 0.370 e. The van der Waals surface area contributed by atoms with Crippen molar-refractivity contribution < 1.29 is 9.53 Å². The number of carbonyl (C=O) groups is 1. The minimum Gasteiger partial charge on any atom is -0.370 e. The maximum Gasteiger partial charge on any atom is 0.272 e. The van der Waals surface area contributed by atoms with E-state index in [1.807, 2.05) is 19.1 Å². The smallest absolute Gasteiger partial charge is 0.272 e. The summed E-state index contributed by atoms with van der Waals surface area (Å²) < 4.78 is 7.46. The van der Waals surface area contributed by atoms with Gasteiger partial charge >= 0.3 is 0 Å². The molecule has 7 heteroatoms. The van der Waals surface area contributed by atoms with Crippen molar-refractivity contribution in [3.63, 3.8) is 0 Å². The summed E-state index contributed by atoms with van der Waals surface area (Å²) >= 11 is 12.1. The van der Waals surface area contributed by atoms with Gasteiger partial charge in [-0.05, 0) is 30.2 Å². The fourth-order valence-electron chi connectivity index (χ4n) is 2.81. The van der Waals surface area contributed by atoms with Gasteiger partial charge in [-0.15, -0.1) is 0 Å². The molecule has 1 aliphatic heterocycles. The van der Waals surface area contributed by atoms with E-state index in [9.17, 15) is 4.79 Å². The molecule has 24 heavy (non-hydrogen) atoms. The van der Waals surface area contributed by atoms with Crippen LogP contribution in [0.5, 0.6) is 0 Å². The average molecular weight is 368 g/mol. The normalized spacial score (nSPS) is 18.0. The third kappa shape index (κ3) is 3.43. The first-order valence-electron chi connectivity index (χ1n) is 7.88. The number of aryl methyl sites for hydroxylation is 2. The molecule has 0 saturated carbocycles. The number of halogens is 2. The van der Waals surface area contributed by atoms with E-state index < -0.39 is 0 Å². The highest BCUT2D eigenvalue weighted by Crippen LogP contribution is 2.29. The molecule has 1 atom stereocenters. The highest BCUT2D eigenvalue weighted by molar-refractivity contribution is 6.42. The third-order valence-electron chi connectivity index (χ3n) is 4.18. The number of aromatic nitrogens is 2. The van der Waals surface area contributed by atoms with Gasteiger partial charge in [0.1, 0.15) is 11.8 Å². The molecule has 0 unspecified atom stereocenters. The Labute approximate surface area is 151 Å². The Morgan fingerprint density at radius 1 is 1.33 bits per heavy atom. The molecule has 1 saturated heterocycles. The Bertz CT molecular complexity index is 760. The van der Waals surface area contributed by atoms with Crippen LogP contribution in [-0.4, -0.2) is 40.3 Å². The molecule has 0 bridgehead atoms. The van der Waals surface area contributed by atoms with Crippen molar-refractivity contribution in [2.24, 2.45) is 7.05 Å². The Morgan fingerprint density at radius 2 is 2.12 bits per heavy atom. The molecule has 1 amide bonds. The van der Waals surface area contributed by atoms with Gasteiger partial charge in [0.15, 0.2) is 0 Å². The van der Waals surface area contributed by atoms with Gasteiger partial charge in [0, 0.05) is 13.6 Å². The second kappa shape index (κ2) is 7.13. The molecule has 3 rings (SSSR count). The number of carbonyl (C=O) groups excluding carboxylic acids is 1. The van der Waals surface area contributed by atoms with Gasteiger partial charge in [-0.3, -0.25) is 9.48 Å². The molecule has 128 valence electrons. The van der Waals surface area contributed by atoms with Crippen LogP contribution in [0.3, 0.4) is 0 Å². The standard InChI is InChI=1S/C17H19Cl2N3O2/c1-3-12-9-15(21(2)20-12)17(23)22-6-7-24-16(10-22)11-4-5-13(18)14(19)8-11/h4-5,8-9,16H,3,6-7,10H2,1-2H3/t16-/m0/s1. The van der Waals surface area contributed by atoms with Crippen molar-refractivity contribution in [1.29, 1.82) is 0 Å². The molecule has 2 heterocycles. The first kappa shape index (κ1) is 17.3. The zero-order chi connectivity index (χ0) is 17.3. The molecule has 1 fully saturated rings. The third-order valence-corrected chi connectivity index (χ3v) is 4.92. The van der Waals surface area contributed by atoms with E-state index >= 15 is 0 Å². The van der Waals surface area contributed by atoms with Crippen LogP contribution in [0.25, 0.3) is 0 Å². The number of nitrogens with zero attached hydrogens (tertiary/aromatic N) is 3. The van der Waals surface area contributed by atoms with Crippen molar-refractivity contribution in [1.82, 2.24) is 14.7 Å². The fourth-order valence-corrected chi connectivity index (χ4v) is 3.12. The lowest BCUT2D eigenvalue weighted by atomic mass is 10.1. The molecule has 0 aliphatic carbocycles. The van der Waals surface area contributed by atoms with E-state index in [1.54, 1.807) is 28.8 Å². The van der Waals surface area contributed by atoms with Crippen LogP contribution in [0.15, 0.2) is 24.3 Å². The van der Waals surface area contributed by atoms with E-state index in [1.165, 1.54) is 0 Å². The maximum atomic E-state index is 12.8. The summed E-state index contributed by atoms with van der Waals surface area (Å²) in [5, 5.41) is 5.34. The summed E-state index contributed by atoms with van der Waals surface area (Å²) in [6.07, 6.45) is 0.590. The van der Waals surface area contributed by atoms with Crippen molar-refractivity contribution in [2.75, 3.05) is 19.7 Å². The minimum absolute atomic E-state index is 0.0296. The van der Waals surface area contributed by atoms with Crippen LogP contribution in [0.1, 0.15) is 34.8 Å². The maximum absolute atomic E-state index is 12.8. The van der Waals surface area contributed by atoms with Crippen molar-refractivity contribution in [2.45, 2.75) is 19.4 Å². The highest BCUT2D eigenvalue weighted by atomic mass is 35.5. The van der Waals surface area contributed by atoms with Crippen LogP contribution < -0.4 is 0 Å². The number of morpholine rings is 1. The highest BCUT2D eigenvalue weighted by Gasteiger charge is 2.28. The van der Waals surface area contributed by atoms with Crippen LogP contribution in [0.2, 0.25) is 10.0 Å². The number of benzene rings is 1. The van der Waals surface area contributed by atoms with Crippen molar-refractivity contribution >= 4 is 29.1 Å². The summed E-state index contributed by atoms with van der Waals surface area (Å²) in [6, 6.07) is 7.28. The first-order chi connectivity index (χ1) is 11.5. The van der Waals surface area contributed by atoms with Gasteiger partial charge in [0.2, 0.25) is 0 Å². The van der Waals surface area contributed by atoms with Crippen LogP contribution in [0, 0.1) is 0 Å². The van der Waals surface area contributed by atoms with Gasteiger partial charge < -0.3 is 9.64 Å². The number of ether oxygens (including phenoxy) is 1. The molecule has 1 aliphatic rings. The van der Waals surface area contributed by atoms with Gasteiger partial charge in [-0.2, -0.15) is 5.10 Å². The summed E-state index contributed by atoms with van der Waals surface area (Å²) in [4.78, 5) is 14.6. The number of amides is 1. The number of hydrogen-bond donors (Lipinski definition) is 0. The van der Waals surface area contributed by atoms with Crippen molar-refractivity contribution in [3.05, 3.63) is 51.3 Å². The SMILES string of the molecule is CCc1cc(C(=O)N2CCO[C@H](c3ccc(Cl)c(Cl)c3)C2)n(C)n1. The molecule has 5 nitrogen and oxygen atoms in total. The Balaban J connectivity index is 1.78. The fraction of sp³-hybridized carbons (Fsp3) is 0.412. The molecule has 2 aromatic rings. The second-order valence-corrected chi connectivity index (χ2v) is 6.60. The summed E-state index contributed by atoms with van der Waals surface area (Å²) in [6.45, 7) is 3.54. The van der Waals surface area contributed by atoms with E-state index in [0.29, 0.717) is 35.4 Å². The van der Waals surface area contributed by atoms with E-state index in [-0.39, 0.29) is 12.0 Å². The van der Waals surface area contributed by atoms with Crippen LogP contribution >= 0.6 is 23.2 Å². The average Bonchev–Trinajstić information content (AvgIpc) is 2.98. The van der Waals surface area contributed by atoms with E-state index in [2.05, 4.69) is 5.10 Å². The topological polar surface area (TPSA) is 47.4 Å². The molecular weight excluding hydrogens is 349 g/mol. The molecule has 0 spiro atoms. The Kier molecular flexibility index (Phi) is 5.13. The second-order valence-electron chi connectivity index (χ2n) is 5.78. The molecule has 0 N–H and O–H groups in total. The first-order valence-corrected chi connectivity index (χ1v) is 8.64. The number of hydrogen-bond acceptors (Lipinski definition) is 3. The molecule has 1 aromatic carbocycles. The lowest BCUT2D eigenvalue weighted by Gasteiger charge is -2.33. The predicted octanol–water partition coefficient (Wildman–Crippen LogP) is 3.50. The lowest BCUT2D eigenvalue weighted by molar-refractivity contribution is -0.0231. The molecule has 1 aromatic heterocycles. The van der Waals surface area contributed by atoms with Gasteiger partial charge in [0.25, 0.3) is 5.91 Å². The summed E-state index contributed by atoms with van der Waals surface area (Å²) in [7, 11) is 1.79. The van der Waals surface area contributed by atoms with Gasteiger partial charge in [-0.25, -0.2) is 0 Å². The van der Waals surface area contributed by atoms with Gasteiger partial charge in [0.05, 0.1) is 28.9 Å².